The second-order valence-corrected chi connectivity index (χ2v) is 9.62. The molecule has 3 aromatic rings. The van der Waals surface area contributed by atoms with Crippen LogP contribution in [0.25, 0.3) is 0 Å². The number of carbonyl (C=O) groups is 2. The van der Waals surface area contributed by atoms with Gasteiger partial charge < -0.3 is 19.0 Å². The van der Waals surface area contributed by atoms with Crippen LogP contribution < -0.4 is 4.74 Å². The highest BCUT2D eigenvalue weighted by molar-refractivity contribution is 5.91. The zero-order chi connectivity index (χ0) is 25.2. The lowest BCUT2D eigenvalue weighted by atomic mass is 9.87. The number of carbonyl (C=O) groups excluding carboxylic acids is 2. The lowest BCUT2D eigenvalue weighted by Crippen LogP contribution is -2.41. The van der Waals surface area contributed by atoms with Crippen molar-refractivity contribution in [2.75, 3.05) is 19.6 Å². The first-order chi connectivity index (χ1) is 17.5. The van der Waals surface area contributed by atoms with Gasteiger partial charge in [0, 0.05) is 25.6 Å². The Hall–Kier alpha value is -3.61. The fourth-order valence-electron chi connectivity index (χ4n) is 4.89. The molecule has 1 saturated carbocycles. The average molecular weight is 488 g/mol. The van der Waals surface area contributed by atoms with E-state index in [-0.39, 0.29) is 36.1 Å². The summed E-state index contributed by atoms with van der Waals surface area (Å²) in [4.78, 5) is 33.8. The van der Waals surface area contributed by atoms with Crippen LogP contribution in [0.1, 0.15) is 71.4 Å². The van der Waals surface area contributed by atoms with E-state index < -0.39 is 0 Å². The molecule has 0 unspecified atom stereocenters. The average Bonchev–Trinajstić information content (AvgIpc) is 3.64. The second-order valence-electron chi connectivity index (χ2n) is 9.62. The third-order valence-corrected chi connectivity index (χ3v) is 7.13. The number of hydrogen-bond donors (Lipinski definition) is 0. The van der Waals surface area contributed by atoms with Gasteiger partial charge in [0.25, 0.3) is 5.91 Å². The van der Waals surface area contributed by atoms with Crippen molar-refractivity contribution in [2.45, 2.75) is 52.7 Å². The van der Waals surface area contributed by atoms with Gasteiger partial charge in [-0.3, -0.25) is 9.59 Å². The molecule has 1 atom stereocenters. The molecule has 2 amide bonds. The summed E-state index contributed by atoms with van der Waals surface area (Å²) >= 11 is 0. The Labute approximate surface area is 212 Å². The van der Waals surface area contributed by atoms with Crippen molar-refractivity contribution < 1.29 is 18.7 Å². The van der Waals surface area contributed by atoms with E-state index in [1.165, 1.54) is 17.4 Å². The number of nitrogens with zero attached hydrogens (tertiary/aromatic N) is 3. The molecule has 0 saturated heterocycles. The van der Waals surface area contributed by atoms with Gasteiger partial charge in [-0.15, -0.1) is 0 Å². The Bertz CT molecular complexity index is 1240. The zero-order valence-electron chi connectivity index (χ0n) is 21.2. The summed E-state index contributed by atoms with van der Waals surface area (Å²) in [5, 5.41) is 0. The molecule has 1 aliphatic carbocycles. The molecule has 0 bridgehead atoms. The molecule has 0 radical (unpaired) electrons. The first-order valence-corrected chi connectivity index (χ1v) is 12.8. The molecule has 7 heteroatoms. The van der Waals surface area contributed by atoms with Crippen LogP contribution in [-0.4, -0.2) is 46.2 Å². The van der Waals surface area contributed by atoms with Crippen LogP contribution in [-0.2, 0) is 17.8 Å². The highest BCUT2D eigenvalue weighted by atomic mass is 16.5. The van der Waals surface area contributed by atoms with Crippen LogP contribution in [0.5, 0.6) is 5.75 Å². The van der Waals surface area contributed by atoms with E-state index in [0.29, 0.717) is 24.7 Å². The summed E-state index contributed by atoms with van der Waals surface area (Å²) < 4.78 is 11.5. The minimum atomic E-state index is -0.148. The molecule has 1 aliphatic heterocycles. The number of fused-ring (bicyclic) bond motifs is 1. The molecular formula is C29H33N3O4. The van der Waals surface area contributed by atoms with Crippen molar-refractivity contribution in [3.63, 3.8) is 0 Å². The highest BCUT2D eigenvalue weighted by Crippen LogP contribution is 2.41. The third-order valence-electron chi connectivity index (χ3n) is 7.13. The van der Waals surface area contributed by atoms with Gasteiger partial charge in [-0.2, -0.15) is 0 Å². The van der Waals surface area contributed by atoms with Gasteiger partial charge >= 0.3 is 0 Å². The first-order valence-electron chi connectivity index (χ1n) is 12.8. The molecule has 2 aromatic carbocycles. The van der Waals surface area contributed by atoms with Crippen molar-refractivity contribution in [1.82, 2.24) is 14.8 Å². The van der Waals surface area contributed by atoms with E-state index >= 15 is 0 Å². The monoisotopic (exact) mass is 487 g/mol. The maximum absolute atomic E-state index is 13.2. The Morgan fingerprint density at radius 3 is 2.56 bits per heavy atom. The maximum atomic E-state index is 13.2. The summed E-state index contributed by atoms with van der Waals surface area (Å²) in [6, 6.07) is 14.4. The van der Waals surface area contributed by atoms with Crippen LogP contribution in [0.3, 0.4) is 0 Å². The number of rotatable bonds is 8. The Morgan fingerprint density at radius 1 is 1.11 bits per heavy atom. The molecule has 7 nitrogen and oxygen atoms in total. The predicted octanol–water partition coefficient (Wildman–Crippen LogP) is 4.93. The van der Waals surface area contributed by atoms with Crippen LogP contribution in [0.2, 0.25) is 0 Å². The summed E-state index contributed by atoms with van der Waals surface area (Å²) in [6.07, 6.45) is 4.19. The number of ether oxygens (including phenoxy) is 1. The minimum absolute atomic E-state index is 0.115. The Morgan fingerprint density at radius 2 is 1.86 bits per heavy atom. The van der Waals surface area contributed by atoms with Crippen LogP contribution in [0.4, 0.5) is 0 Å². The van der Waals surface area contributed by atoms with Crippen LogP contribution in [0.15, 0.2) is 53.1 Å². The third kappa shape index (κ3) is 4.87. The second kappa shape index (κ2) is 10.2. The number of aromatic nitrogens is 1. The number of oxazole rings is 1. The standard InChI is InChI=1S/C29H33N3O4/c1-4-31(5-2)29(34)25-17-36-26(30-25)18-35-23-13-12-20-14-15-32(28(33)22-10-11-22)27(24(20)16-23)21-8-6-19(3)7-9-21/h6-9,12-13,16-17,22,27H,4-5,10-11,14-15,18H2,1-3H3/t27-/m0/s1. The Balaban J connectivity index is 1.38. The van der Waals surface area contributed by atoms with Gasteiger partial charge in [-0.05, 0) is 68.9 Å². The molecule has 2 aliphatic rings. The van der Waals surface area contributed by atoms with Gasteiger partial charge in [0.2, 0.25) is 11.8 Å². The summed E-state index contributed by atoms with van der Waals surface area (Å²) in [5.41, 5.74) is 4.92. The lowest BCUT2D eigenvalue weighted by Gasteiger charge is -2.38. The predicted molar refractivity (Wildman–Crippen MR) is 136 cm³/mol. The SMILES string of the molecule is CCN(CC)C(=O)c1coc(COc2ccc3c(c2)[C@H](c2ccc(C)cc2)N(C(=O)C2CC2)CC3)n1. The summed E-state index contributed by atoms with van der Waals surface area (Å²) in [7, 11) is 0. The number of amides is 2. The molecule has 0 spiro atoms. The number of aryl methyl sites for hydroxylation is 1. The molecule has 2 heterocycles. The van der Waals surface area contributed by atoms with E-state index in [1.807, 2.05) is 30.9 Å². The largest absolute Gasteiger partial charge is 0.484 e. The van der Waals surface area contributed by atoms with E-state index in [4.69, 9.17) is 9.15 Å². The fraction of sp³-hybridized carbons (Fsp3) is 0.414. The zero-order valence-corrected chi connectivity index (χ0v) is 21.2. The van der Waals surface area contributed by atoms with Gasteiger partial charge in [0.05, 0.1) is 6.04 Å². The Kier molecular flexibility index (Phi) is 6.81. The molecule has 36 heavy (non-hydrogen) atoms. The molecule has 1 fully saturated rings. The number of benzene rings is 2. The van der Waals surface area contributed by atoms with Crippen molar-refractivity contribution in [1.29, 1.82) is 0 Å². The molecule has 5 rings (SSSR count). The smallest absolute Gasteiger partial charge is 0.275 e. The van der Waals surface area contributed by atoms with Gasteiger partial charge in [-0.25, -0.2) is 4.98 Å². The topological polar surface area (TPSA) is 75.9 Å². The van der Waals surface area contributed by atoms with Crippen molar-refractivity contribution in [3.8, 4) is 5.75 Å². The van der Waals surface area contributed by atoms with Crippen LogP contribution >= 0.6 is 0 Å². The quantitative estimate of drug-likeness (QED) is 0.450. The molecule has 1 aromatic heterocycles. The van der Waals surface area contributed by atoms with Crippen molar-refractivity contribution in [2.24, 2.45) is 5.92 Å². The molecular weight excluding hydrogens is 454 g/mol. The van der Waals surface area contributed by atoms with Gasteiger partial charge in [-0.1, -0.05) is 35.9 Å². The van der Waals surface area contributed by atoms with E-state index in [9.17, 15) is 9.59 Å². The van der Waals surface area contributed by atoms with E-state index in [2.05, 4.69) is 42.2 Å². The van der Waals surface area contributed by atoms with Gasteiger partial charge in [0.15, 0.2) is 12.3 Å². The molecule has 0 N–H and O–H groups in total. The first kappa shape index (κ1) is 24.1. The summed E-state index contributed by atoms with van der Waals surface area (Å²) in [5.74, 6) is 1.30. The van der Waals surface area contributed by atoms with E-state index in [0.717, 1.165) is 36.9 Å². The van der Waals surface area contributed by atoms with Crippen molar-refractivity contribution in [3.05, 3.63) is 82.6 Å². The van der Waals surface area contributed by atoms with E-state index in [1.54, 1.807) is 4.90 Å². The van der Waals surface area contributed by atoms with Gasteiger partial charge in [0.1, 0.15) is 12.0 Å². The molecule has 188 valence electrons. The highest BCUT2D eigenvalue weighted by Gasteiger charge is 2.39. The summed E-state index contributed by atoms with van der Waals surface area (Å²) in [6.45, 7) is 8.01. The normalized spacial score (nSPS) is 17.0. The lowest BCUT2D eigenvalue weighted by molar-refractivity contribution is -0.134. The number of hydrogen-bond acceptors (Lipinski definition) is 5. The van der Waals surface area contributed by atoms with Crippen molar-refractivity contribution >= 4 is 11.8 Å². The fourth-order valence-corrected chi connectivity index (χ4v) is 4.89. The maximum Gasteiger partial charge on any atom is 0.275 e. The minimum Gasteiger partial charge on any atom is -0.484 e. The van der Waals surface area contributed by atoms with Crippen LogP contribution in [0, 0.1) is 12.8 Å².